The van der Waals surface area contributed by atoms with Crippen LogP contribution in [0.4, 0.5) is 22.7 Å². The smallest absolute Gasteiger partial charge is 0.292 e. The van der Waals surface area contributed by atoms with Crippen LogP contribution in [0.2, 0.25) is 0 Å². The van der Waals surface area contributed by atoms with Gasteiger partial charge in [0.25, 0.3) is 5.69 Å². The molecule has 6 nitrogen and oxygen atoms in total. The van der Waals surface area contributed by atoms with Crippen molar-refractivity contribution in [2.45, 2.75) is 0 Å². The number of rotatable bonds is 3. The molecule has 0 aliphatic rings. The quantitative estimate of drug-likeness (QED) is 0.385. The van der Waals surface area contributed by atoms with Gasteiger partial charge in [0.2, 0.25) is 0 Å². The molecule has 0 radical (unpaired) electrons. The van der Waals surface area contributed by atoms with E-state index in [4.69, 9.17) is 5.73 Å². The maximum absolute atomic E-state index is 10.6. The van der Waals surface area contributed by atoms with Crippen molar-refractivity contribution < 1.29 is 4.92 Å². The lowest BCUT2D eigenvalue weighted by Gasteiger charge is -1.97. The molecule has 0 amide bonds. The van der Waals surface area contributed by atoms with Crippen molar-refractivity contribution in [1.29, 1.82) is 0 Å². The zero-order chi connectivity index (χ0) is 13.0. The molecule has 2 aromatic rings. The molecule has 0 spiro atoms. The van der Waals surface area contributed by atoms with Gasteiger partial charge < -0.3 is 5.73 Å². The number of azo groups is 1. The lowest BCUT2D eigenvalue weighted by Crippen LogP contribution is -1.94. The standard InChI is InChI=1S/C12H10N4O2/c13-11-8-10(6-7-12(11)16(17)18)15-14-9-4-2-1-3-5-9/h1-8H,13H2. The van der Waals surface area contributed by atoms with E-state index in [2.05, 4.69) is 10.2 Å². The summed E-state index contributed by atoms with van der Waals surface area (Å²) in [6, 6.07) is 13.4. The van der Waals surface area contributed by atoms with Crippen LogP contribution in [0.5, 0.6) is 0 Å². The number of nitro groups is 1. The number of nitrogen functional groups attached to an aromatic ring is 1. The first kappa shape index (κ1) is 11.7. The Balaban J connectivity index is 2.23. The Bertz CT molecular complexity index is 596. The monoisotopic (exact) mass is 242 g/mol. The van der Waals surface area contributed by atoms with E-state index in [9.17, 15) is 10.1 Å². The summed E-state index contributed by atoms with van der Waals surface area (Å²) in [5, 5.41) is 18.5. The van der Waals surface area contributed by atoms with Gasteiger partial charge in [0.15, 0.2) is 0 Å². The second-order valence-corrected chi connectivity index (χ2v) is 3.54. The summed E-state index contributed by atoms with van der Waals surface area (Å²) in [6.07, 6.45) is 0. The molecule has 0 saturated heterocycles. The third-order valence-electron chi connectivity index (χ3n) is 2.24. The van der Waals surface area contributed by atoms with Crippen LogP contribution in [0.3, 0.4) is 0 Å². The summed E-state index contributed by atoms with van der Waals surface area (Å²) in [6.45, 7) is 0. The average molecular weight is 242 g/mol. The summed E-state index contributed by atoms with van der Waals surface area (Å²) in [7, 11) is 0. The third kappa shape index (κ3) is 2.67. The van der Waals surface area contributed by atoms with Gasteiger partial charge in [0.05, 0.1) is 16.3 Å². The largest absolute Gasteiger partial charge is 0.393 e. The molecule has 0 atom stereocenters. The fourth-order valence-electron chi connectivity index (χ4n) is 1.38. The first-order chi connectivity index (χ1) is 8.66. The maximum atomic E-state index is 10.6. The van der Waals surface area contributed by atoms with E-state index < -0.39 is 4.92 Å². The number of nitro benzene ring substituents is 1. The van der Waals surface area contributed by atoms with E-state index in [1.165, 1.54) is 18.2 Å². The normalized spacial score (nSPS) is 10.7. The number of nitrogens with zero attached hydrogens (tertiary/aromatic N) is 3. The van der Waals surface area contributed by atoms with Gasteiger partial charge in [0.1, 0.15) is 5.69 Å². The second-order valence-electron chi connectivity index (χ2n) is 3.54. The van der Waals surface area contributed by atoms with Crippen LogP contribution in [-0.4, -0.2) is 4.92 Å². The molecule has 0 fully saturated rings. The van der Waals surface area contributed by atoms with Gasteiger partial charge in [-0.05, 0) is 24.3 Å². The van der Waals surface area contributed by atoms with E-state index in [0.29, 0.717) is 11.4 Å². The minimum Gasteiger partial charge on any atom is -0.393 e. The molecule has 0 aromatic heterocycles. The van der Waals surface area contributed by atoms with E-state index in [1.807, 2.05) is 18.2 Å². The molecule has 0 bridgehead atoms. The Morgan fingerprint density at radius 3 is 2.28 bits per heavy atom. The number of hydrogen-bond acceptors (Lipinski definition) is 5. The molecular weight excluding hydrogens is 232 g/mol. The predicted molar refractivity (Wildman–Crippen MR) is 68.1 cm³/mol. The molecule has 90 valence electrons. The lowest BCUT2D eigenvalue weighted by molar-refractivity contribution is -0.383. The number of nitrogens with two attached hydrogens (primary N) is 1. The summed E-state index contributed by atoms with van der Waals surface area (Å²) < 4.78 is 0. The highest BCUT2D eigenvalue weighted by molar-refractivity contribution is 5.64. The second kappa shape index (κ2) is 5.05. The van der Waals surface area contributed by atoms with Gasteiger partial charge in [0, 0.05) is 6.07 Å². The molecule has 18 heavy (non-hydrogen) atoms. The van der Waals surface area contributed by atoms with E-state index in [0.717, 1.165) is 0 Å². The van der Waals surface area contributed by atoms with Crippen LogP contribution in [-0.2, 0) is 0 Å². The third-order valence-corrected chi connectivity index (χ3v) is 2.24. The molecule has 2 aromatic carbocycles. The van der Waals surface area contributed by atoms with Crippen LogP contribution in [0, 0.1) is 10.1 Å². The number of anilines is 1. The Morgan fingerprint density at radius 1 is 1.00 bits per heavy atom. The van der Waals surface area contributed by atoms with Crippen molar-refractivity contribution in [3.8, 4) is 0 Å². The van der Waals surface area contributed by atoms with E-state index in [1.54, 1.807) is 12.1 Å². The van der Waals surface area contributed by atoms with Gasteiger partial charge in [-0.1, -0.05) is 18.2 Å². The van der Waals surface area contributed by atoms with Crippen LogP contribution < -0.4 is 5.73 Å². The van der Waals surface area contributed by atoms with Crippen molar-refractivity contribution in [2.24, 2.45) is 10.2 Å². The van der Waals surface area contributed by atoms with Crippen LogP contribution in [0.25, 0.3) is 0 Å². The highest BCUT2D eigenvalue weighted by atomic mass is 16.6. The van der Waals surface area contributed by atoms with Crippen molar-refractivity contribution >= 4 is 22.7 Å². The highest BCUT2D eigenvalue weighted by Gasteiger charge is 2.10. The SMILES string of the molecule is Nc1cc(N=Nc2ccccc2)ccc1[N+](=O)[O-]. The summed E-state index contributed by atoms with van der Waals surface area (Å²) in [5.41, 5.74) is 6.67. The van der Waals surface area contributed by atoms with Gasteiger partial charge >= 0.3 is 0 Å². The fourth-order valence-corrected chi connectivity index (χ4v) is 1.38. The molecule has 2 N–H and O–H groups in total. The highest BCUT2D eigenvalue weighted by Crippen LogP contribution is 2.27. The van der Waals surface area contributed by atoms with Crippen molar-refractivity contribution in [1.82, 2.24) is 0 Å². The zero-order valence-electron chi connectivity index (χ0n) is 9.35. The van der Waals surface area contributed by atoms with Crippen LogP contribution in [0.1, 0.15) is 0 Å². The Labute approximate surface area is 103 Å². The van der Waals surface area contributed by atoms with Crippen molar-refractivity contribution in [3.63, 3.8) is 0 Å². The van der Waals surface area contributed by atoms with Crippen LogP contribution >= 0.6 is 0 Å². The summed E-state index contributed by atoms with van der Waals surface area (Å²) in [4.78, 5) is 10.0. The minimum atomic E-state index is -0.534. The van der Waals surface area contributed by atoms with Crippen molar-refractivity contribution in [3.05, 3.63) is 58.6 Å². The molecular formula is C12H10N4O2. The number of hydrogen-bond donors (Lipinski definition) is 1. The molecule has 0 aliphatic carbocycles. The first-order valence-electron chi connectivity index (χ1n) is 5.17. The van der Waals surface area contributed by atoms with Crippen LogP contribution in [0.15, 0.2) is 58.8 Å². The molecule has 6 heteroatoms. The molecule has 0 aliphatic heterocycles. The van der Waals surface area contributed by atoms with Gasteiger partial charge in [-0.2, -0.15) is 10.2 Å². The molecule has 2 rings (SSSR count). The lowest BCUT2D eigenvalue weighted by atomic mass is 10.2. The van der Waals surface area contributed by atoms with E-state index in [-0.39, 0.29) is 11.4 Å². The average Bonchev–Trinajstić information content (AvgIpc) is 2.37. The Hall–Kier alpha value is -2.76. The topological polar surface area (TPSA) is 93.9 Å². The molecule has 0 unspecified atom stereocenters. The fraction of sp³-hybridized carbons (Fsp3) is 0. The van der Waals surface area contributed by atoms with Gasteiger partial charge in [-0.15, -0.1) is 0 Å². The van der Waals surface area contributed by atoms with Gasteiger partial charge in [-0.25, -0.2) is 0 Å². The Kier molecular flexibility index (Phi) is 3.29. The number of benzene rings is 2. The van der Waals surface area contributed by atoms with E-state index >= 15 is 0 Å². The predicted octanol–water partition coefficient (Wildman–Crippen LogP) is 3.59. The molecule has 0 saturated carbocycles. The maximum Gasteiger partial charge on any atom is 0.292 e. The molecule has 0 heterocycles. The minimum absolute atomic E-state index is 0.0736. The van der Waals surface area contributed by atoms with Gasteiger partial charge in [-0.3, -0.25) is 10.1 Å². The summed E-state index contributed by atoms with van der Waals surface area (Å²) >= 11 is 0. The Morgan fingerprint density at radius 2 is 1.67 bits per heavy atom. The zero-order valence-corrected chi connectivity index (χ0v) is 9.35. The summed E-state index contributed by atoms with van der Waals surface area (Å²) in [5.74, 6) is 0. The first-order valence-corrected chi connectivity index (χ1v) is 5.17. The van der Waals surface area contributed by atoms with Crippen molar-refractivity contribution in [2.75, 3.05) is 5.73 Å².